The first kappa shape index (κ1) is 11.3. The molecule has 1 aliphatic carbocycles. The molecule has 0 saturated heterocycles. The number of hydrogen-bond acceptors (Lipinski definition) is 2. The van der Waals surface area contributed by atoms with Crippen molar-refractivity contribution < 1.29 is 0 Å². The van der Waals surface area contributed by atoms with Crippen molar-refractivity contribution in [2.24, 2.45) is 5.92 Å². The van der Waals surface area contributed by atoms with E-state index in [4.69, 9.17) is 0 Å². The van der Waals surface area contributed by atoms with Crippen LogP contribution in [0.3, 0.4) is 0 Å². The van der Waals surface area contributed by atoms with Gasteiger partial charge in [0.1, 0.15) is 5.82 Å². The standard InChI is InChI=1S/C14H17N3O/c18-13-6-5-12(9-16-13)14-15-7-8-17(14)10-11-3-1-2-4-11/h5-9,11H,1-4,10H2,(H,16,18). The minimum Gasteiger partial charge on any atom is -0.331 e. The largest absolute Gasteiger partial charge is 0.331 e. The highest BCUT2D eigenvalue weighted by atomic mass is 16.1. The Kier molecular flexibility index (Phi) is 3.00. The maximum Gasteiger partial charge on any atom is 0.247 e. The van der Waals surface area contributed by atoms with E-state index in [0.717, 1.165) is 23.9 Å². The molecule has 2 aromatic rings. The summed E-state index contributed by atoms with van der Waals surface area (Å²) in [5.41, 5.74) is 0.894. The predicted octanol–water partition coefficient (Wildman–Crippen LogP) is 2.43. The number of aromatic nitrogens is 3. The third-order valence-electron chi connectivity index (χ3n) is 3.69. The molecule has 4 nitrogen and oxygen atoms in total. The number of pyridine rings is 1. The summed E-state index contributed by atoms with van der Waals surface area (Å²) in [6, 6.07) is 3.37. The van der Waals surface area contributed by atoms with Crippen LogP contribution in [0.1, 0.15) is 25.7 Å². The second kappa shape index (κ2) is 4.80. The van der Waals surface area contributed by atoms with Crippen molar-refractivity contribution in [1.29, 1.82) is 0 Å². The maximum absolute atomic E-state index is 11.1. The number of nitrogens with zero attached hydrogens (tertiary/aromatic N) is 2. The van der Waals surface area contributed by atoms with Crippen molar-refractivity contribution >= 4 is 0 Å². The number of aromatic amines is 1. The van der Waals surface area contributed by atoms with E-state index in [1.165, 1.54) is 25.7 Å². The van der Waals surface area contributed by atoms with Gasteiger partial charge in [0.2, 0.25) is 5.56 Å². The summed E-state index contributed by atoms with van der Waals surface area (Å²) in [6.45, 7) is 1.04. The van der Waals surface area contributed by atoms with Gasteiger partial charge in [0, 0.05) is 36.8 Å². The first-order valence-electron chi connectivity index (χ1n) is 6.53. The lowest BCUT2D eigenvalue weighted by Gasteiger charge is -2.12. The lowest BCUT2D eigenvalue weighted by Crippen LogP contribution is -2.09. The summed E-state index contributed by atoms with van der Waals surface area (Å²) in [7, 11) is 0. The van der Waals surface area contributed by atoms with Gasteiger partial charge in [0.15, 0.2) is 0 Å². The van der Waals surface area contributed by atoms with Gasteiger partial charge in [-0.1, -0.05) is 12.8 Å². The van der Waals surface area contributed by atoms with Crippen molar-refractivity contribution in [3.05, 3.63) is 41.1 Å². The molecule has 2 heterocycles. The van der Waals surface area contributed by atoms with E-state index in [-0.39, 0.29) is 5.56 Å². The second-order valence-corrected chi connectivity index (χ2v) is 5.00. The van der Waals surface area contributed by atoms with E-state index in [1.54, 1.807) is 12.3 Å². The van der Waals surface area contributed by atoms with Crippen LogP contribution in [0, 0.1) is 5.92 Å². The van der Waals surface area contributed by atoms with E-state index in [9.17, 15) is 4.79 Å². The van der Waals surface area contributed by atoms with Crippen molar-refractivity contribution in [2.75, 3.05) is 0 Å². The number of rotatable bonds is 3. The smallest absolute Gasteiger partial charge is 0.247 e. The fraction of sp³-hybridized carbons (Fsp3) is 0.429. The molecule has 0 bridgehead atoms. The van der Waals surface area contributed by atoms with Crippen molar-refractivity contribution in [3.8, 4) is 11.4 Å². The van der Waals surface area contributed by atoms with Crippen LogP contribution in [0.5, 0.6) is 0 Å². The molecule has 0 unspecified atom stereocenters. The van der Waals surface area contributed by atoms with Crippen LogP contribution < -0.4 is 5.56 Å². The molecule has 2 aromatic heterocycles. The van der Waals surface area contributed by atoms with Gasteiger partial charge in [0.25, 0.3) is 0 Å². The minimum absolute atomic E-state index is 0.0763. The van der Waals surface area contributed by atoms with Crippen LogP contribution in [0.4, 0.5) is 0 Å². The average Bonchev–Trinajstić information content (AvgIpc) is 3.02. The van der Waals surface area contributed by atoms with E-state index in [1.807, 2.05) is 18.5 Å². The van der Waals surface area contributed by atoms with Crippen LogP contribution in [0.25, 0.3) is 11.4 Å². The summed E-state index contributed by atoms with van der Waals surface area (Å²) in [5.74, 6) is 1.72. The van der Waals surface area contributed by atoms with Crippen LogP contribution in [-0.4, -0.2) is 14.5 Å². The summed E-state index contributed by atoms with van der Waals surface area (Å²) < 4.78 is 2.20. The SMILES string of the molecule is O=c1ccc(-c2nccn2CC2CCCC2)c[nH]1. The molecule has 0 aliphatic heterocycles. The molecule has 1 aliphatic rings. The normalized spacial score (nSPS) is 16.2. The van der Waals surface area contributed by atoms with Gasteiger partial charge in [-0.05, 0) is 24.8 Å². The number of H-pyrrole nitrogens is 1. The molecule has 0 atom stereocenters. The molecule has 0 spiro atoms. The molecule has 0 radical (unpaired) electrons. The van der Waals surface area contributed by atoms with E-state index < -0.39 is 0 Å². The molecule has 18 heavy (non-hydrogen) atoms. The molecule has 0 aromatic carbocycles. The molecule has 1 saturated carbocycles. The molecular weight excluding hydrogens is 226 g/mol. The van der Waals surface area contributed by atoms with Crippen LogP contribution in [0.2, 0.25) is 0 Å². The summed E-state index contributed by atoms with van der Waals surface area (Å²) in [4.78, 5) is 18.2. The van der Waals surface area contributed by atoms with E-state index >= 15 is 0 Å². The quantitative estimate of drug-likeness (QED) is 0.900. The minimum atomic E-state index is -0.0763. The summed E-state index contributed by atoms with van der Waals surface area (Å²) in [5, 5.41) is 0. The third kappa shape index (κ3) is 2.23. The monoisotopic (exact) mass is 243 g/mol. The number of hydrogen-bond donors (Lipinski definition) is 1. The molecule has 0 amide bonds. The van der Waals surface area contributed by atoms with Gasteiger partial charge in [-0.2, -0.15) is 0 Å². The van der Waals surface area contributed by atoms with Gasteiger partial charge in [0.05, 0.1) is 0 Å². The van der Waals surface area contributed by atoms with Crippen molar-refractivity contribution in [3.63, 3.8) is 0 Å². The fourth-order valence-corrected chi connectivity index (χ4v) is 2.74. The highest BCUT2D eigenvalue weighted by Gasteiger charge is 2.17. The Hall–Kier alpha value is -1.84. The van der Waals surface area contributed by atoms with Crippen LogP contribution >= 0.6 is 0 Å². The molecular formula is C14H17N3O. The lowest BCUT2D eigenvalue weighted by molar-refractivity contribution is 0.460. The fourth-order valence-electron chi connectivity index (χ4n) is 2.74. The molecule has 94 valence electrons. The highest BCUT2D eigenvalue weighted by molar-refractivity contribution is 5.53. The zero-order valence-electron chi connectivity index (χ0n) is 10.3. The van der Waals surface area contributed by atoms with Crippen LogP contribution in [0.15, 0.2) is 35.5 Å². The van der Waals surface area contributed by atoms with E-state index in [0.29, 0.717) is 0 Å². The third-order valence-corrected chi connectivity index (χ3v) is 3.69. The number of nitrogens with one attached hydrogen (secondary N) is 1. The molecule has 1 N–H and O–H groups in total. The Bertz CT molecular complexity index is 558. The Morgan fingerprint density at radius 1 is 1.33 bits per heavy atom. The first-order chi connectivity index (χ1) is 8.83. The highest BCUT2D eigenvalue weighted by Crippen LogP contribution is 2.27. The van der Waals surface area contributed by atoms with Gasteiger partial charge < -0.3 is 9.55 Å². The predicted molar refractivity (Wildman–Crippen MR) is 70.2 cm³/mol. The zero-order chi connectivity index (χ0) is 12.4. The second-order valence-electron chi connectivity index (χ2n) is 5.00. The number of imidazole rings is 1. The van der Waals surface area contributed by atoms with Gasteiger partial charge in [-0.25, -0.2) is 4.98 Å². The average molecular weight is 243 g/mol. The molecule has 3 rings (SSSR count). The Morgan fingerprint density at radius 3 is 2.89 bits per heavy atom. The lowest BCUT2D eigenvalue weighted by atomic mass is 10.1. The Labute approximate surface area is 106 Å². The zero-order valence-corrected chi connectivity index (χ0v) is 10.3. The van der Waals surface area contributed by atoms with Gasteiger partial charge in [-0.3, -0.25) is 4.79 Å². The molecule has 4 heteroatoms. The van der Waals surface area contributed by atoms with Gasteiger partial charge in [-0.15, -0.1) is 0 Å². The van der Waals surface area contributed by atoms with Crippen molar-refractivity contribution in [2.45, 2.75) is 32.2 Å². The Balaban J connectivity index is 1.86. The van der Waals surface area contributed by atoms with Crippen molar-refractivity contribution in [1.82, 2.24) is 14.5 Å². The summed E-state index contributed by atoms with van der Waals surface area (Å²) >= 11 is 0. The van der Waals surface area contributed by atoms with Gasteiger partial charge >= 0.3 is 0 Å². The first-order valence-corrected chi connectivity index (χ1v) is 6.53. The Morgan fingerprint density at radius 2 is 2.17 bits per heavy atom. The maximum atomic E-state index is 11.1. The van der Waals surface area contributed by atoms with Crippen LogP contribution in [-0.2, 0) is 6.54 Å². The summed E-state index contributed by atoms with van der Waals surface area (Å²) in [6.07, 6.45) is 10.9. The topological polar surface area (TPSA) is 50.7 Å². The van der Waals surface area contributed by atoms with E-state index in [2.05, 4.69) is 14.5 Å². The molecule has 1 fully saturated rings.